The van der Waals surface area contributed by atoms with Gasteiger partial charge in [-0.25, -0.2) is 8.42 Å². The van der Waals surface area contributed by atoms with Crippen LogP contribution in [0.1, 0.15) is 26.2 Å². The third-order valence-corrected chi connectivity index (χ3v) is 8.88. The number of piperazine rings is 1. The summed E-state index contributed by atoms with van der Waals surface area (Å²) >= 11 is 6.91. The van der Waals surface area contributed by atoms with Gasteiger partial charge in [0.15, 0.2) is 0 Å². The van der Waals surface area contributed by atoms with Crippen molar-refractivity contribution in [3.8, 4) is 0 Å². The van der Waals surface area contributed by atoms with E-state index in [1.807, 2.05) is 6.92 Å². The molecule has 11 heteroatoms. The number of rotatable bonds is 6. The Labute approximate surface area is 180 Å². The zero-order valence-corrected chi connectivity index (χ0v) is 18.9. The van der Waals surface area contributed by atoms with E-state index in [9.17, 15) is 18.0 Å². The largest absolute Gasteiger partial charge is 0.352 e. The first kappa shape index (κ1) is 22.5. The van der Waals surface area contributed by atoms with E-state index >= 15 is 0 Å². The molecule has 1 unspecified atom stereocenters. The highest BCUT2D eigenvalue weighted by Gasteiger charge is 2.32. The number of nitrogens with one attached hydrogen (secondary N) is 1. The van der Waals surface area contributed by atoms with Crippen molar-refractivity contribution >= 4 is 44.8 Å². The molecule has 0 aromatic carbocycles. The molecule has 2 saturated heterocycles. The van der Waals surface area contributed by atoms with Gasteiger partial charge in [0.1, 0.15) is 4.21 Å². The van der Waals surface area contributed by atoms with Gasteiger partial charge in [0.25, 0.3) is 10.0 Å². The Morgan fingerprint density at radius 1 is 1.21 bits per heavy atom. The number of amides is 2. The Bertz CT molecular complexity index is 837. The van der Waals surface area contributed by atoms with Crippen LogP contribution in [0.25, 0.3) is 0 Å². The molecule has 0 radical (unpaired) electrons. The second-order valence-electron chi connectivity index (χ2n) is 7.34. The fourth-order valence-corrected chi connectivity index (χ4v) is 6.74. The normalized spacial score (nSPS) is 21.9. The number of sulfonamides is 1. The van der Waals surface area contributed by atoms with Crippen LogP contribution in [0.4, 0.5) is 0 Å². The number of piperidine rings is 1. The average Bonchev–Trinajstić information content (AvgIpc) is 3.15. The van der Waals surface area contributed by atoms with Crippen molar-refractivity contribution in [1.82, 2.24) is 19.4 Å². The van der Waals surface area contributed by atoms with Gasteiger partial charge in [-0.3, -0.25) is 14.5 Å². The molecule has 2 aliphatic rings. The standard InChI is InChI=1S/C18H27ClN4O4S2/c1-2-16(24)20-14-4-3-7-21(12-14)13-17(25)22-8-10-23(11-9-22)29(26,27)18-6-5-15(19)28-18/h5-6,14H,2-4,7-13H2,1H3,(H,20,24). The molecule has 0 aliphatic carbocycles. The van der Waals surface area contributed by atoms with E-state index in [4.69, 9.17) is 11.6 Å². The molecule has 1 aromatic heterocycles. The Balaban J connectivity index is 1.49. The number of hydrogen-bond acceptors (Lipinski definition) is 6. The molecule has 1 N–H and O–H groups in total. The number of nitrogens with zero attached hydrogens (tertiary/aromatic N) is 3. The number of carbonyl (C=O) groups excluding carboxylic acids is 2. The molecule has 3 heterocycles. The van der Waals surface area contributed by atoms with Crippen LogP contribution in [0.3, 0.4) is 0 Å². The lowest BCUT2D eigenvalue weighted by Gasteiger charge is -2.37. The predicted molar refractivity (Wildman–Crippen MR) is 113 cm³/mol. The minimum Gasteiger partial charge on any atom is -0.352 e. The molecule has 0 spiro atoms. The maximum Gasteiger partial charge on any atom is 0.252 e. The minimum absolute atomic E-state index is 0.00341. The molecule has 3 rings (SSSR count). The highest BCUT2D eigenvalue weighted by molar-refractivity contribution is 7.91. The van der Waals surface area contributed by atoms with Crippen LogP contribution >= 0.6 is 22.9 Å². The Morgan fingerprint density at radius 2 is 1.93 bits per heavy atom. The zero-order chi connectivity index (χ0) is 21.0. The van der Waals surface area contributed by atoms with E-state index in [2.05, 4.69) is 10.2 Å². The van der Waals surface area contributed by atoms with Gasteiger partial charge in [-0.1, -0.05) is 18.5 Å². The van der Waals surface area contributed by atoms with Gasteiger partial charge in [0.05, 0.1) is 10.9 Å². The lowest BCUT2D eigenvalue weighted by atomic mass is 10.1. The number of halogens is 1. The van der Waals surface area contributed by atoms with Gasteiger partial charge in [0.2, 0.25) is 11.8 Å². The summed E-state index contributed by atoms with van der Waals surface area (Å²) in [6.45, 7) is 4.93. The smallest absolute Gasteiger partial charge is 0.252 e. The lowest BCUT2D eigenvalue weighted by molar-refractivity contribution is -0.133. The van der Waals surface area contributed by atoms with Crippen LogP contribution in [0.2, 0.25) is 4.34 Å². The maximum atomic E-state index is 12.7. The van der Waals surface area contributed by atoms with Gasteiger partial charge < -0.3 is 10.2 Å². The van der Waals surface area contributed by atoms with E-state index < -0.39 is 10.0 Å². The lowest BCUT2D eigenvalue weighted by Crippen LogP contribution is -2.54. The van der Waals surface area contributed by atoms with Gasteiger partial charge in [0, 0.05) is 45.2 Å². The second-order valence-corrected chi connectivity index (χ2v) is 11.2. The summed E-state index contributed by atoms with van der Waals surface area (Å²) < 4.78 is 27.4. The Kier molecular flexibility index (Phi) is 7.55. The van der Waals surface area contributed by atoms with Gasteiger partial charge >= 0.3 is 0 Å². The van der Waals surface area contributed by atoms with Crippen LogP contribution in [-0.2, 0) is 19.6 Å². The minimum atomic E-state index is -3.56. The molecule has 1 aromatic rings. The molecule has 1 atom stereocenters. The number of hydrogen-bond donors (Lipinski definition) is 1. The van der Waals surface area contributed by atoms with Crippen LogP contribution < -0.4 is 5.32 Å². The maximum absolute atomic E-state index is 12.7. The zero-order valence-electron chi connectivity index (χ0n) is 16.5. The Morgan fingerprint density at radius 3 is 2.55 bits per heavy atom. The van der Waals surface area contributed by atoms with E-state index in [0.717, 1.165) is 30.7 Å². The van der Waals surface area contributed by atoms with Crippen molar-refractivity contribution in [3.63, 3.8) is 0 Å². The van der Waals surface area contributed by atoms with E-state index in [0.29, 0.717) is 36.9 Å². The van der Waals surface area contributed by atoms with Crippen LogP contribution in [0.5, 0.6) is 0 Å². The molecule has 162 valence electrons. The van der Waals surface area contributed by atoms with Crippen molar-refractivity contribution in [2.75, 3.05) is 45.8 Å². The predicted octanol–water partition coefficient (Wildman–Crippen LogP) is 1.22. The molecule has 2 fully saturated rings. The van der Waals surface area contributed by atoms with Crippen LogP contribution in [0.15, 0.2) is 16.3 Å². The molecule has 29 heavy (non-hydrogen) atoms. The first-order chi connectivity index (χ1) is 13.8. The van der Waals surface area contributed by atoms with Crippen LogP contribution in [0, 0.1) is 0 Å². The average molecular weight is 463 g/mol. The number of carbonyl (C=O) groups is 2. The monoisotopic (exact) mass is 462 g/mol. The second kappa shape index (κ2) is 9.74. The first-order valence-corrected chi connectivity index (χ1v) is 12.5. The van der Waals surface area contributed by atoms with Crippen LogP contribution in [-0.4, -0.2) is 86.2 Å². The van der Waals surface area contributed by atoms with Crippen molar-refractivity contribution < 1.29 is 18.0 Å². The molecule has 0 bridgehead atoms. The summed E-state index contributed by atoms with van der Waals surface area (Å²) in [5.74, 6) is 0.0382. The fraction of sp³-hybridized carbons (Fsp3) is 0.667. The highest BCUT2D eigenvalue weighted by atomic mass is 35.5. The first-order valence-electron chi connectivity index (χ1n) is 9.84. The third kappa shape index (κ3) is 5.69. The fourth-order valence-electron chi connectivity index (χ4n) is 3.68. The summed E-state index contributed by atoms with van der Waals surface area (Å²) in [5, 5.41) is 3.00. The van der Waals surface area contributed by atoms with Crippen molar-refractivity contribution in [1.29, 1.82) is 0 Å². The summed E-state index contributed by atoms with van der Waals surface area (Å²) in [6.07, 6.45) is 2.33. The third-order valence-electron chi connectivity index (χ3n) is 5.28. The quantitative estimate of drug-likeness (QED) is 0.686. The van der Waals surface area contributed by atoms with Crippen molar-refractivity contribution in [2.45, 2.75) is 36.4 Å². The molecule has 8 nitrogen and oxygen atoms in total. The van der Waals surface area contributed by atoms with Gasteiger partial charge in [-0.05, 0) is 31.5 Å². The van der Waals surface area contributed by atoms with Gasteiger partial charge in [-0.2, -0.15) is 4.31 Å². The summed E-state index contributed by atoms with van der Waals surface area (Å²) in [5.41, 5.74) is 0. The summed E-state index contributed by atoms with van der Waals surface area (Å²) in [4.78, 5) is 28.1. The molecular weight excluding hydrogens is 436 g/mol. The SMILES string of the molecule is CCC(=O)NC1CCCN(CC(=O)N2CCN(S(=O)(=O)c3ccc(Cl)s3)CC2)C1. The topological polar surface area (TPSA) is 90.0 Å². The summed E-state index contributed by atoms with van der Waals surface area (Å²) in [6, 6.07) is 3.18. The van der Waals surface area contributed by atoms with Gasteiger partial charge in [-0.15, -0.1) is 11.3 Å². The van der Waals surface area contributed by atoms with Crippen molar-refractivity contribution in [3.05, 3.63) is 16.5 Å². The highest BCUT2D eigenvalue weighted by Crippen LogP contribution is 2.28. The van der Waals surface area contributed by atoms with Crippen molar-refractivity contribution in [2.24, 2.45) is 0 Å². The van der Waals surface area contributed by atoms with E-state index in [1.54, 1.807) is 11.0 Å². The summed E-state index contributed by atoms with van der Waals surface area (Å²) in [7, 11) is -3.56. The van der Waals surface area contributed by atoms with E-state index in [-0.39, 0.29) is 35.2 Å². The molecular formula is C18H27ClN4O4S2. The molecule has 2 aliphatic heterocycles. The molecule has 0 saturated carbocycles. The number of likely N-dealkylation sites (tertiary alicyclic amines) is 1. The van der Waals surface area contributed by atoms with E-state index in [1.165, 1.54) is 10.4 Å². The number of thiophene rings is 1. The Hall–Kier alpha value is -1.20. The molecule has 2 amide bonds.